The number of hydrogen-bond donors (Lipinski definition) is 1. The predicted molar refractivity (Wildman–Crippen MR) is 80.8 cm³/mol. The highest BCUT2D eigenvalue weighted by Crippen LogP contribution is 2.19. The first kappa shape index (κ1) is 17.9. The number of nitro benzene ring substituents is 1. The fourth-order valence-corrected chi connectivity index (χ4v) is 1.73. The Morgan fingerprint density at radius 3 is 2.68 bits per heavy atom. The lowest BCUT2D eigenvalue weighted by molar-refractivity contribution is -0.384. The topological polar surface area (TPSA) is 96.2 Å². The molecule has 122 valence electrons. The van der Waals surface area contributed by atoms with E-state index in [1.54, 1.807) is 32.1 Å². The van der Waals surface area contributed by atoms with Crippen molar-refractivity contribution in [1.82, 2.24) is 9.80 Å². The second-order valence-electron chi connectivity index (χ2n) is 5.20. The summed E-state index contributed by atoms with van der Waals surface area (Å²) >= 11 is 0. The molecular weight excluding hydrogens is 290 g/mol. The van der Waals surface area contributed by atoms with Crippen molar-refractivity contribution < 1.29 is 19.6 Å². The molecule has 0 aliphatic heterocycles. The van der Waals surface area contributed by atoms with Gasteiger partial charge in [-0.1, -0.05) is 6.07 Å². The number of aliphatic hydroxyl groups excluding tert-OH is 1. The van der Waals surface area contributed by atoms with Gasteiger partial charge in [-0.2, -0.15) is 0 Å². The van der Waals surface area contributed by atoms with Crippen LogP contribution in [0.3, 0.4) is 0 Å². The molecule has 1 N–H and O–H groups in total. The molecule has 1 aromatic rings. The van der Waals surface area contributed by atoms with Gasteiger partial charge in [0.15, 0.2) is 0 Å². The van der Waals surface area contributed by atoms with Gasteiger partial charge in [-0.25, -0.2) is 0 Å². The van der Waals surface area contributed by atoms with Gasteiger partial charge in [0.2, 0.25) is 5.91 Å². The number of non-ortho nitro benzene ring substituents is 1. The van der Waals surface area contributed by atoms with Crippen LogP contribution in [0.25, 0.3) is 0 Å². The monoisotopic (exact) mass is 311 g/mol. The fourth-order valence-electron chi connectivity index (χ4n) is 1.73. The van der Waals surface area contributed by atoms with E-state index in [9.17, 15) is 20.0 Å². The molecule has 0 aromatic heterocycles. The van der Waals surface area contributed by atoms with Crippen LogP contribution in [0.15, 0.2) is 24.3 Å². The van der Waals surface area contributed by atoms with Crippen molar-refractivity contribution in [1.29, 1.82) is 0 Å². The van der Waals surface area contributed by atoms with Crippen LogP contribution in [0.1, 0.15) is 0 Å². The quantitative estimate of drug-likeness (QED) is 0.550. The van der Waals surface area contributed by atoms with Gasteiger partial charge < -0.3 is 14.7 Å². The molecule has 0 aliphatic rings. The van der Waals surface area contributed by atoms with Gasteiger partial charge in [0, 0.05) is 26.7 Å². The number of nitro groups is 1. The summed E-state index contributed by atoms with van der Waals surface area (Å²) in [6.07, 6.45) is -0.806. The zero-order valence-corrected chi connectivity index (χ0v) is 12.9. The third kappa shape index (κ3) is 6.06. The first-order valence-corrected chi connectivity index (χ1v) is 6.73. The Labute approximate surface area is 129 Å². The standard InChI is InChI=1S/C14H21N3O5/c1-15(2)14(19)9-16(3)8-12(18)10-22-13-6-4-5-11(7-13)17(20)21/h4-7,12,18H,8-10H2,1-3H3. The van der Waals surface area contributed by atoms with Crippen LogP contribution in [0, 0.1) is 10.1 Å². The number of carbonyl (C=O) groups excluding carboxylic acids is 1. The zero-order valence-electron chi connectivity index (χ0n) is 12.9. The van der Waals surface area contributed by atoms with E-state index in [0.29, 0.717) is 5.75 Å². The van der Waals surface area contributed by atoms with Crippen LogP contribution in [0.4, 0.5) is 5.69 Å². The first-order chi connectivity index (χ1) is 10.3. The predicted octanol–water partition coefficient (Wildman–Crippen LogP) is 0.355. The number of nitrogens with zero attached hydrogens (tertiary/aromatic N) is 3. The van der Waals surface area contributed by atoms with Gasteiger partial charge >= 0.3 is 0 Å². The van der Waals surface area contributed by atoms with Crippen LogP contribution in [-0.2, 0) is 4.79 Å². The van der Waals surface area contributed by atoms with E-state index in [1.165, 1.54) is 23.1 Å². The van der Waals surface area contributed by atoms with Crippen LogP contribution in [0.2, 0.25) is 0 Å². The van der Waals surface area contributed by atoms with E-state index < -0.39 is 11.0 Å². The Balaban J connectivity index is 2.42. The number of ether oxygens (including phenoxy) is 1. The third-order valence-corrected chi connectivity index (χ3v) is 2.90. The minimum atomic E-state index is -0.806. The molecule has 0 spiro atoms. The SMILES string of the molecule is CN(CC(=O)N(C)C)CC(O)COc1cccc([N+](=O)[O-])c1. The van der Waals surface area contributed by atoms with Crippen molar-refractivity contribution in [3.05, 3.63) is 34.4 Å². The number of hydrogen-bond acceptors (Lipinski definition) is 6. The maximum atomic E-state index is 11.5. The Hall–Kier alpha value is -2.19. The van der Waals surface area contributed by atoms with Crippen molar-refractivity contribution in [3.63, 3.8) is 0 Å². The molecule has 0 bridgehead atoms. The van der Waals surface area contributed by atoms with Gasteiger partial charge in [0.05, 0.1) is 17.5 Å². The Bertz CT molecular complexity index is 521. The molecule has 8 heteroatoms. The molecule has 1 aromatic carbocycles. The molecular formula is C14H21N3O5. The minimum Gasteiger partial charge on any atom is -0.491 e. The fraction of sp³-hybridized carbons (Fsp3) is 0.500. The molecule has 0 saturated heterocycles. The van der Waals surface area contributed by atoms with E-state index in [4.69, 9.17) is 4.74 Å². The normalized spacial score (nSPS) is 12.0. The summed E-state index contributed by atoms with van der Waals surface area (Å²) in [6.45, 7) is 0.442. The van der Waals surface area contributed by atoms with Crippen LogP contribution >= 0.6 is 0 Å². The molecule has 0 saturated carbocycles. The summed E-state index contributed by atoms with van der Waals surface area (Å²) in [5.41, 5.74) is -0.0688. The number of amides is 1. The molecule has 8 nitrogen and oxygen atoms in total. The average Bonchev–Trinajstić information content (AvgIpc) is 2.45. The Morgan fingerprint density at radius 2 is 2.09 bits per heavy atom. The van der Waals surface area contributed by atoms with Crippen LogP contribution in [0.5, 0.6) is 5.75 Å². The molecule has 1 atom stereocenters. The van der Waals surface area contributed by atoms with Crippen LogP contribution < -0.4 is 4.74 Å². The number of benzene rings is 1. The zero-order chi connectivity index (χ0) is 16.7. The lowest BCUT2D eigenvalue weighted by Crippen LogP contribution is -2.39. The Kier molecular flexibility index (Phi) is 6.74. The van der Waals surface area contributed by atoms with Crippen molar-refractivity contribution in [3.8, 4) is 5.75 Å². The van der Waals surface area contributed by atoms with Gasteiger partial charge in [-0.05, 0) is 13.1 Å². The lowest BCUT2D eigenvalue weighted by atomic mass is 10.3. The van der Waals surface area contributed by atoms with Gasteiger partial charge in [0.1, 0.15) is 18.5 Å². The average molecular weight is 311 g/mol. The van der Waals surface area contributed by atoms with Gasteiger partial charge in [0.25, 0.3) is 5.69 Å². The molecule has 0 aliphatic carbocycles. The van der Waals surface area contributed by atoms with Gasteiger partial charge in [-0.15, -0.1) is 0 Å². The highest BCUT2D eigenvalue weighted by Gasteiger charge is 2.14. The number of carbonyl (C=O) groups is 1. The summed E-state index contributed by atoms with van der Waals surface area (Å²) < 4.78 is 5.34. The van der Waals surface area contributed by atoms with Crippen molar-refractivity contribution in [2.45, 2.75) is 6.10 Å². The maximum absolute atomic E-state index is 11.5. The molecule has 22 heavy (non-hydrogen) atoms. The second kappa shape index (κ2) is 8.30. The van der Waals surface area contributed by atoms with E-state index >= 15 is 0 Å². The van der Waals surface area contributed by atoms with Crippen molar-refractivity contribution in [2.75, 3.05) is 40.8 Å². The van der Waals surface area contributed by atoms with E-state index in [-0.39, 0.29) is 31.3 Å². The second-order valence-corrected chi connectivity index (χ2v) is 5.20. The smallest absolute Gasteiger partial charge is 0.273 e. The lowest BCUT2D eigenvalue weighted by Gasteiger charge is -2.21. The molecule has 1 unspecified atom stereocenters. The summed E-state index contributed by atoms with van der Waals surface area (Å²) in [7, 11) is 5.05. The largest absolute Gasteiger partial charge is 0.491 e. The Morgan fingerprint density at radius 1 is 1.41 bits per heavy atom. The van der Waals surface area contributed by atoms with E-state index in [0.717, 1.165) is 0 Å². The highest BCUT2D eigenvalue weighted by molar-refractivity contribution is 5.77. The number of likely N-dealkylation sites (N-methyl/N-ethyl adjacent to an activating group) is 2. The molecule has 0 radical (unpaired) electrons. The van der Waals surface area contributed by atoms with Crippen molar-refractivity contribution >= 4 is 11.6 Å². The number of rotatable bonds is 8. The summed E-state index contributed by atoms with van der Waals surface area (Å²) in [6, 6.07) is 5.76. The molecule has 1 rings (SSSR count). The first-order valence-electron chi connectivity index (χ1n) is 6.73. The van der Waals surface area contributed by atoms with Crippen molar-refractivity contribution in [2.24, 2.45) is 0 Å². The minimum absolute atomic E-state index is 0.0122. The summed E-state index contributed by atoms with van der Waals surface area (Å²) in [5, 5.41) is 20.5. The van der Waals surface area contributed by atoms with E-state index in [1.807, 2.05) is 0 Å². The molecule has 0 fully saturated rings. The highest BCUT2D eigenvalue weighted by atomic mass is 16.6. The van der Waals surface area contributed by atoms with Crippen LogP contribution in [-0.4, -0.2) is 72.7 Å². The number of aliphatic hydroxyl groups is 1. The maximum Gasteiger partial charge on any atom is 0.273 e. The summed E-state index contributed by atoms with van der Waals surface area (Å²) in [5.74, 6) is 0.259. The summed E-state index contributed by atoms with van der Waals surface area (Å²) in [4.78, 5) is 24.8. The van der Waals surface area contributed by atoms with E-state index in [2.05, 4.69) is 0 Å². The molecule has 0 heterocycles. The van der Waals surface area contributed by atoms with Gasteiger partial charge in [-0.3, -0.25) is 19.8 Å². The molecule has 1 amide bonds. The third-order valence-electron chi connectivity index (χ3n) is 2.90.